The van der Waals surface area contributed by atoms with Crippen molar-refractivity contribution in [3.05, 3.63) is 17.5 Å². The molecule has 0 aliphatic heterocycles. The Balaban J connectivity index is 2.91. The molecule has 0 aliphatic rings. The molecular weight excluding hydrogens is 271 g/mol. The van der Waals surface area contributed by atoms with Gasteiger partial charge in [0, 0.05) is 31.4 Å². The fourth-order valence-corrected chi connectivity index (χ4v) is 1.65. The minimum absolute atomic E-state index is 0.0564. The van der Waals surface area contributed by atoms with E-state index in [0.717, 1.165) is 4.68 Å². The first-order valence-corrected chi connectivity index (χ1v) is 6.38. The Morgan fingerprint density at radius 1 is 1.45 bits per heavy atom. The summed E-state index contributed by atoms with van der Waals surface area (Å²) in [4.78, 5) is 4.15. The third-order valence-electron chi connectivity index (χ3n) is 2.35. The topological polar surface area (TPSA) is 54.2 Å². The molecule has 0 aliphatic carbocycles. The SMILES string of the molecule is CCNC(=NCc1cn(C)nc1C(F)(F)F)NC(C)C. The maximum Gasteiger partial charge on any atom is 0.435 e. The molecule has 1 aromatic heterocycles. The first kappa shape index (κ1) is 16.3. The standard InChI is InChI=1S/C12H20F3N5/c1-5-16-11(18-8(2)3)17-6-9-7-20(4)19-10(9)12(13,14)15/h7-8H,5-6H2,1-4H3,(H2,16,17,18). The van der Waals surface area contributed by atoms with Gasteiger partial charge in [0.15, 0.2) is 11.7 Å². The van der Waals surface area contributed by atoms with E-state index in [2.05, 4.69) is 20.7 Å². The summed E-state index contributed by atoms with van der Waals surface area (Å²) in [7, 11) is 1.46. The summed E-state index contributed by atoms with van der Waals surface area (Å²) in [6.45, 7) is 6.31. The van der Waals surface area contributed by atoms with E-state index in [0.29, 0.717) is 12.5 Å². The molecule has 1 aromatic rings. The number of hydrogen-bond acceptors (Lipinski definition) is 2. The van der Waals surface area contributed by atoms with Crippen molar-refractivity contribution >= 4 is 5.96 Å². The number of hydrogen-bond donors (Lipinski definition) is 2. The number of aryl methyl sites for hydroxylation is 1. The number of rotatable bonds is 4. The second kappa shape index (κ2) is 6.62. The van der Waals surface area contributed by atoms with Gasteiger partial charge in [-0.3, -0.25) is 4.68 Å². The first-order chi connectivity index (χ1) is 9.24. The summed E-state index contributed by atoms with van der Waals surface area (Å²) >= 11 is 0. The third-order valence-corrected chi connectivity index (χ3v) is 2.35. The van der Waals surface area contributed by atoms with Gasteiger partial charge in [-0.2, -0.15) is 18.3 Å². The van der Waals surface area contributed by atoms with Crippen LogP contribution >= 0.6 is 0 Å². The molecule has 0 amide bonds. The molecule has 0 saturated carbocycles. The van der Waals surface area contributed by atoms with Crippen LogP contribution in [0.5, 0.6) is 0 Å². The van der Waals surface area contributed by atoms with Crippen molar-refractivity contribution in [2.75, 3.05) is 6.54 Å². The van der Waals surface area contributed by atoms with Crippen molar-refractivity contribution in [1.29, 1.82) is 0 Å². The average Bonchev–Trinajstić information content (AvgIpc) is 2.67. The van der Waals surface area contributed by atoms with Crippen LogP contribution in [0.15, 0.2) is 11.2 Å². The highest BCUT2D eigenvalue weighted by molar-refractivity contribution is 5.79. The van der Waals surface area contributed by atoms with Crippen LogP contribution in [0.4, 0.5) is 13.2 Å². The minimum atomic E-state index is -4.46. The molecule has 0 fully saturated rings. The van der Waals surface area contributed by atoms with Crippen LogP contribution in [0.2, 0.25) is 0 Å². The van der Waals surface area contributed by atoms with Crippen molar-refractivity contribution in [3.63, 3.8) is 0 Å². The lowest BCUT2D eigenvalue weighted by Crippen LogP contribution is -2.41. The Labute approximate surface area is 116 Å². The number of nitrogens with zero attached hydrogens (tertiary/aromatic N) is 3. The number of alkyl halides is 3. The average molecular weight is 291 g/mol. The molecule has 0 spiro atoms. The van der Waals surface area contributed by atoms with E-state index >= 15 is 0 Å². The normalized spacial score (nSPS) is 12.9. The largest absolute Gasteiger partial charge is 0.435 e. The second-order valence-corrected chi connectivity index (χ2v) is 4.67. The van der Waals surface area contributed by atoms with Gasteiger partial charge in [0.05, 0.1) is 6.54 Å². The first-order valence-electron chi connectivity index (χ1n) is 6.38. The fourth-order valence-electron chi connectivity index (χ4n) is 1.65. The maximum absolute atomic E-state index is 12.8. The van der Waals surface area contributed by atoms with Gasteiger partial charge in [-0.1, -0.05) is 0 Å². The van der Waals surface area contributed by atoms with E-state index in [4.69, 9.17) is 0 Å². The van der Waals surface area contributed by atoms with Crippen molar-refractivity contribution in [1.82, 2.24) is 20.4 Å². The van der Waals surface area contributed by atoms with Crippen LogP contribution in [0, 0.1) is 0 Å². The van der Waals surface area contributed by atoms with E-state index in [-0.39, 0.29) is 18.2 Å². The Morgan fingerprint density at radius 2 is 2.10 bits per heavy atom. The number of guanidine groups is 1. The van der Waals surface area contributed by atoms with Gasteiger partial charge >= 0.3 is 6.18 Å². The summed E-state index contributed by atoms with van der Waals surface area (Å²) in [5.41, 5.74) is -0.829. The monoisotopic (exact) mass is 291 g/mol. The lowest BCUT2D eigenvalue weighted by Gasteiger charge is -2.14. The lowest BCUT2D eigenvalue weighted by atomic mass is 10.2. The molecule has 114 valence electrons. The van der Waals surface area contributed by atoms with Gasteiger partial charge in [-0.25, -0.2) is 4.99 Å². The smallest absolute Gasteiger partial charge is 0.357 e. The Bertz CT molecular complexity index is 462. The maximum atomic E-state index is 12.8. The van der Waals surface area contributed by atoms with Crippen LogP contribution in [0.3, 0.4) is 0 Å². The molecule has 0 unspecified atom stereocenters. The molecule has 0 atom stereocenters. The van der Waals surface area contributed by atoms with Crippen LogP contribution < -0.4 is 10.6 Å². The van der Waals surface area contributed by atoms with Crippen LogP contribution in [0.1, 0.15) is 32.0 Å². The molecule has 20 heavy (non-hydrogen) atoms. The molecule has 2 N–H and O–H groups in total. The molecule has 5 nitrogen and oxygen atoms in total. The van der Waals surface area contributed by atoms with E-state index in [9.17, 15) is 13.2 Å². The number of nitrogens with one attached hydrogen (secondary N) is 2. The van der Waals surface area contributed by atoms with E-state index in [1.54, 1.807) is 0 Å². The second-order valence-electron chi connectivity index (χ2n) is 4.67. The van der Waals surface area contributed by atoms with Crippen molar-refractivity contribution < 1.29 is 13.2 Å². The molecule has 1 rings (SSSR count). The molecule has 0 aromatic carbocycles. The van der Waals surface area contributed by atoms with Crippen LogP contribution in [-0.4, -0.2) is 28.3 Å². The predicted molar refractivity (Wildman–Crippen MR) is 71.3 cm³/mol. The molecular formula is C12H20F3N5. The number of halogens is 3. The zero-order valence-electron chi connectivity index (χ0n) is 12.0. The third kappa shape index (κ3) is 4.75. The summed E-state index contributed by atoms with van der Waals surface area (Å²) in [5.74, 6) is 0.486. The van der Waals surface area contributed by atoms with Gasteiger partial charge in [0.25, 0.3) is 0 Å². The summed E-state index contributed by atoms with van der Waals surface area (Å²) in [6.07, 6.45) is -3.12. The molecule has 1 heterocycles. The van der Waals surface area contributed by atoms with Gasteiger partial charge in [0.1, 0.15) is 0 Å². The zero-order valence-corrected chi connectivity index (χ0v) is 12.0. The molecule has 8 heteroatoms. The van der Waals surface area contributed by atoms with Gasteiger partial charge < -0.3 is 10.6 Å². The van der Waals surface area contributed by atoms with E-state index < -0.39 is 11.9 Å². The Kier molecular flexibility index (Phi) is 5.41. The molecule has 0 radical (unpaired) electrons. The van der Waals surface area contributed by atoms with Crippen LogP contribution in [0.25, 0.3) is 0 Å². The summed E-state index contributed by atoms with van der Waals surface area (Å²) in [6, 6.07) is 0.142. The van der Waals surface area contributed by atoms with Crippen LogP contribution in [-0.2, 0) is 19.8 Å². The van der Waals surface area contributed by atoms with Gasteiger partial charge in [0.2, 0.25) is 0 Å². The molecule has 0 saturated heterocycles. The zero-order chi connectivity index (χ0) is 15.3. The summed E-state index contributed by atoms with van der Waals surface area (Å²) in [5, 5.41) is 9.47. The van der Waals surface area contributed by atoms with Crippen molar-refractivity contribution in [3.8, 4) is 0 Å². The quantitative estimate of drug-likeness (QED) is 0.658. The summed E-state index contributed by atoms with van der Waals surface area (Å²) < 4.78 is 39.5. The Hall–Kier alpha value is -1.73. The van der Waals surface area contributed by atoms with Gasteiger partial charge in [-0.05, 0) is 20.8 Å². The lowest BCUT2D eigenvalue weighted by molar-refractivity contribution is -0.142. The van der Waals surface area contributed by atoms with E-state index in [1.165, 1.54) is 13.2 Å². The predicted octanol–water partition coefficient (Wildman–Crippen LogP) is 1.90. The van der Waals surface area contributed by atoms with Gasteiger partial charge in [-0.15, -0.1) is 0 Å². The highest BCUT2D eigenvalue weighted by Crippen LogP contribution is 2.30. The van der Waals surface area contributed by atoms with E-state index in [1.807, 2.05) is 20.8 Å². The fraction of sp³-hybridized carbons (Fsp3) is 0.667. The number of aromatic nitrogens is 2. The highest BCUT2D eigenvalue weighted by Gasteiger charge is 2.36. The highest BCUT2D eigenvalue weighted by atomic mass is 19.4. The Morgan fingerprint density at radius 3 is 2.60 bits per heavy atom. The minimum Gasteiger partial charge on any atom is -0.357 e. The van der Waals surface area contributed by atoms with Crippen molar-refractivity contribution in [2.45, 2.75) is 39.5 Å². The number of aliphatic imine (C=N–C) groups is 1. The van der Waals surface area contributed by atoms with Crippen molar-refractivity contribution in [2.24, 2.45) is 12.0 Å². The molecule has 0 bridgehead atoms.